The van der Waals surface area contributed by atoms with Crippen LogP contribution in [0.2, 0.25) is 0 Å². The van der Waals surface area contributed by atoms with Gasteiger partial charge < -0.3 is 0 Å². The highest BCUT2D eigenvalue weighted by molar-refractivity contribution is 7.96. The van der Waals surface area contributed by atoms with Crippen LogP contribution in [0, 0.1) is 18.1 Å². The second-order valence-corrected chi connectivity index (χ2v) is 5.73. The molecule has 3 heteroatoms. The summed E-state index contributed by atoms with van der Waals surface area (Å²) in [5, 5.41) is 2.38. The average Bonchev–Trinajstić information content (AvgIpc) is 2.29. The van der Waals surface area contributed by atoms with E-state index in [2.05, 4.69) is 18.1 Å². The second-order valence-electron chi connectivity index (χ2n) is 4.05. The van der Waals surface area contributed by atoms with E-state index in [0.717, 1.165) is 24.8 Å². The number of rotatable bonds is 4. The molecule has 92 valence electrons. The summed E-state index contributed by atoms with van der Waals surface area (Å²) in [6.45, 7) is 4.03. The van der Waals surface area contributed by atoms with Crippen molar-refractivity contribution in [3.63, 3.8) is 0 Å². The van der Waals surface area contributed by atoms with Crippen molar-refractivity contribution in [1.29, 1.82) is 0 Å². The standard InChI is InChI=1S/C14H18O2S/c1-3-4-5-6-7-12-17(15,16)14-10-8-13(2)9-11-14/h8-11H,3-6H2,1-2H3. The van der Waals surface area contributed by atoms with Crippen molar-refractivity contribution in [2.75, 3.05) is 0 Å². The summed E-state index contributed by atoms with van der Waals surface area (Å²) in [4.78, 5) is 0.283. The van der Waals surface area contributed by atoms with Gasteiger partial charge in [-0.25, -0.2) is 8.42 Å². The van der Waals surface area contributed by atoms with Gasteiger partial charge in [-0.3, -0.25) is 0 Å². The molecule has 0 N–H and O–H groups in total. The molecule has 0 spiro atoms. The highest BCUT2D eigenvalue weighted by Crippen LogP contribution is 2.11. The van der Waals surface area contributed by atoms with Crippen LogP contribution >= 0.6 is 0 Å². The number of benzene rings is 1. The van der Waals surface area contributed by atoms with Crippen molar-refractivity contribution in [3.8, 4) is 11.2 Å². The SMILES string of the molecule is CCCCCC#CS(=O)(=O)c1ccc(C)cc1. The van der Waals surface area contributed by atoms with Crippen LogP contribution in [-0.2, 0) is 9.84 Å². The number of aryl methyl sites for hydroxylation is 1. The molecule has 0 unspecified atom stereocenters. The Bertz CT molecular complexity index is 501. The van der Waals surface area contributed by atoms with Crippen LogP contribution < -0.4 is 0 Å². The molecule has 0 saturated carbocycles. The van der Waals surface area contributed by atoms with Gasteiger partial charge in [-0.2, -0.15) is 0 Å². The molecule has 0 atom stereocenters. The lowest BCUT2D eigenvalue weighted by atomic mass is 10.2. The maximum absolute atomic E-state index is 11.8. The molecule has 0 bridgehead atoms. The van der Waals surface area contributed by atoms with Crippen molar-refractivity contribution in [2.24, 2.45) is 0 Å². The van der Waals surface area contributed by atoms with E-state index >= 15 is 0 Å². The first-order chi connectivity index (χ1) is 8.06. The minimum absolute atomic E-state index is 0.283. The van der Waals surface area contributed by atoms with E-state index in [-0.39, 0.29) is 4.90 Å². The molecule has 17 heavy (non-hydrogen) atoms. The molecule has 0 aliphatic heterocycles. The first-order valence-electron chi connectivity index (χ1n) is 5.87. The predicted molar refractivity (Wildman–Crippen MR) is 70.3 cm³/mol. The van der Waals surface area contributed by atoms with Crippen LogP contribution in [0.5, 0.6) is 0 Å². The molecular weight excluding hydrogens is 232 g/mol. The van der Waals surface area contributed by atoms with E-state index in [1.807, 2.05) is 6.92 Å². The maximum Gasteiger partial charge on any atom is 0.245 e. The highest BCUT2D eigenvalue weighted by Gasteiger charge is 2.09. The first kappa shape index (κ1) is 13.8. The minimum Gasteiger partial charge on any atom is -0.210 e. The van der Waals surface area contributed by atoms with Crippen molar-refractivity contribution < 1.29 is 8.42 Å². The van der Waals surface area contributed by atoms with Gasteiger partial charge in [-0.05, 0) is 25.5 Å². The van der Waals surface area contributed by atoms with Crippen LogP contribution in [0.1, 0.15) is 38.2 Å². The average molecular weight is 250 g/mol. The number of hydrogen-bond donors (Lipinski definition) is 0. The fourth-order valence-corrected chi connectivity index (χ4v) is 2.29. The van der Waals surface area contributed by atoms with Crippen LogP contribution in [0.4, 0.5) is 0 Å². The first-order valence-corrected chi connectivity index (χ1v) is 7.36. The molecule has 0 radical (unpaired) electrons. The third kappa shape index (κ3) is 4.62. The molecule has 0 saturated heterocycles. The molecule has 0 heterocycles. The lowest BCUT2D eigenvalue weighted by Crippen LogP contribution is -1.96. The largest absolute Gasteiger partial charge is 0.245 e. The van der Waals surface area contributed by atoms with Gasteiger partial charge in [-0.15, -0.1) is 0 Å². The molecule has 0 aliphatic rings. The fraction of sp³-hybridized carbons (Fsp3) is 0.429. The highest BCUT2D eigenvalue weighted by atomic mass is 32.2. The zero-order valence-electron chi connectivity index (χ0n) is 10.4. The summed E-state index contributed by atoms with van der Waals surface area (Å²) < 4.78 is 23.6. The van der Waals surface area contributed by atoms with Crippen molar-refractivity contribution in [3.05, 3.63) is 29.8 Å². The number of sulfone groups is 1. The molecule has 1 aromatic rings. The Kier molecular flexibility index (Phi) is 5.24. The smallest absolute Gasteiger partial charge is 0.210 e. The Morgan fingerprint density at radius 1 is 1.12 bits per heavy atom. The Balaban J connectivity index is 2.72. The molecule has 1 aromatic carbocycles. The van der Waals surface area contributed by atoms with Crippen LogP contribution in [0.15, 0.2) is 29.2 Å². The van der Waals surface area contributed by atoms with E-state index in [1.165, 1.54) is 0 Å². The lowest BCUT2D eigenvalue weighted by molar-refractivity contribution is 0.606. The van der Waals surface area contributed by atoms with Gasteiger partial charge in [0.05, 0.1) is 4.90 Å². The quantitative estimate of drug-likeness (QED) is 0.467. The van der Waals surface area contributed by atoms with E-state index in [1.54, 1.807) is 24.3 Å². The zero-order chi connectivity index (χ0) is 12.7. The van der Waals surface area contributed by atoms with Crippen molar-refractivity contribution in [1.82, 2.24) is 0 Å². The summed E-state index contributed by atoms with van der Waals surface area (Å²) in [7, 11) is -3.43. The van der Waals surface area contributed by atoms with Gasteiger partial charge in [0.25, 0.3) is 0 Å². The van der Waals surface area contributed by atoms with Crippen LogP contribution in [-0.4, -0.2) is 8.42 Å². The fourth-order valence-electron chi connectivity index (χ4n) is 1.39. The molecular formula is C14H18O2S. The number of unbranched alkanes of at least 4 members (excludes halogenated alkanes) is 3. The third-order valence-corrected chi connectivity index (χ3v) is 3.75. The molecule has 1 rings (SSSR count). The predicted octanol–water partition coefficient (Wildman–Crippen LogP) is 3.31. The summed E-state index contributed by atoms with van der Waals surface area (Å²) in [5.41, 5.74) is 1.04. The van der Waals surface area contributed by atoms with Gasteiger partial charge in [-0.1, -0.05) is 43.4 Å². The van der Waals surface area contributed by atoms with E-state index in [9.17, 15) is 8.42 Å². The maximum atomic E-state index is 11.8. The van der Waals surface area contributed by atoms with Crippen LogP contribution in [0.3, 0.4) is 0 Å². The van der Waals surface area contributed by atoms with Crippen molar-refractivity contribution in [2.45, 2.75) is 44.4 Å². The minimum atomic E-state index is -3.43. The monoisotopic (exact) mass is 250 g/mol. The zero-order valence-corrected chi connectivity index (χ0v) is 11.2. The molecule has 0 fully saturated rings. The van der Waals surface area contributed by atoms with Gasteiger partial charge in [0.1, 0.15) is 0 Å². The molecule has 0 aromatic heterocycles. The second kappa shape index (κ2) is 6.46. The lowest BCUT2D eigenvalue weighted by Gasteiger charge is -1.97. The van der Waals surface area contributed by atoms with E-state index < -0.39 is 9.84 Å². The molecule has 2 nitrogen and oxygen atoms in total. The van der Waals surface area contributed by atoms with Gasteiger partial charge in [0.2, 0.25) is 9.84 Å². The third-order valence-electron chi connectivity index (χ3n) is 2.44. The summed E-state index contributed by atoms with van der Waals surface area (Å²) in [6.07, 6.45) is 3.83. The van der Waals surface area contributed by atoms with Crippen molar-refractivity contribution >= 4 is 9.84 Å². The Hall–Kier alpha value is -1.27. The van der Waals surface area contributed by atoms with Gasteiger partial charge >= 0.3 is 0 Å². The van der Waals surface area contributed by atoms with Gasteiger partial charge in [0.15, 0.2) is 0 Å². The number of hydrogen-bond acceptors (Lipinski definition) is 2. The molecule has 0 aliphatic carbocycles. The summed E-state index contributed by atoms with van der Waals surface area (Å²) >= 11 is 0. The van der Waals surface area contributed by atoms with E-state index in [4.69, 9.17) is 0 Å². The molecule has 0 amide bonds. The summed E-state index contributed by atoms with van der Waals surface area (Å²) in [5.74, 6) is 2.74. The Labute approximate surface area is 104 Å². The normalized spacial score (nSPS) is 10.7. The van der Waals surface area contributed by atoms with Gasteiger partial charge in [0, 0.05) is 11.7 Å². The Morgan fingerprint density at radius 3 is 2.35 bits per heavy atom. The van der Waals surface area contributed by atoms with E-state index in [0.29, 0.717) is 6.42 Å². The topological polar surface area (TPSA) is 34.1 Å². The summed E-state index contributed by atoms with van der Waals surface area (Å²) in [6, 6.07) is 6.77. The Morgan fingerprint density at radius 2 is 1.76 bits per heavy atom. The van der Waals surface area contributed by atoms with Crippen LogP contribution in [0.25, 0.3) is 0 Å².